The van der Waals surface area contributed by atoms with Gasteiger partial charge in [-0.25, -0.2) is 0 Å². The van der Waals surface area contributed by atoms with Crippen molar-refractivity contribution >= 4 is 23.4 Å². The van der Waals surface area contributed by atoms with Crippen molar-refractivity contribution in [2.75, 3.05) is 31.1 Å². The topological polar surface area (TPSA) is 60.9 Å². The molecule has 6 nitrogen and oxygen atoms in total. The number of hydrogen-bond donors (Lipinski definition) is 0. The predicted octanol–water partition coefficient (Wildman–Crippen LogP) is 2.86. The van der Waals surface area contributed by atoms with E-state index in [0.29, 0.717) is 45.6 Å². The van der Waals surface area contributed by atoms with Crippen LogP contribution >= 0.6 is 0 Å². The highest BCUT2D eigenvalue weighted by molar-refractivity contribution is 5.93. The number of carbonyl (C=O) groups is 3. The van der Waals surface area contributed by atoms with Gasteiger partial charge >= 0.3 is 0 Å². The molecule has 0 saturated carbocycles. The molecule has 0 bridgehead atoms. The third kappa shape index (κ3) is 5.47. The summed E-state index contributed by atoms with van der Waals surface area (Å²) in [5, 5.41) is 0. The summed E-state index contributed by atoms with van der Waals surface area (Å²) in [6, 6.07) is 17.6. The van der Waals surface area contributed by atoms with Gasteiger partial charge in [0.05, 0.1) is 13.0 Å². The molecule has 0 atom stereocenters. The monoisotopic (exact) mass is 407 g/mol. The van der Waals surface area contributed by atoms with Crippen LogP contribution in [0.2, 0.25) is 0 Å². The molecule has 1 saturated heterocycles. The van der Waals surface area contributed by atoms with E-state index in [-0.39, 0.29) is 17.7 Å². The first-order valence-corrected chi connectivity index (χ1v) is 10.4. The number of amides is 3. The van der Waals surface area contributed by atoms with Crippen molar-refractivity contribution in [3.8, 4) is 0 Å². The molecule has 1 aliphatic rings. The first-order chi connectivity index (χ1) is 14.5. The first kappa shape index (κ1) is 21.6. The number of benzene rings is 2. The van der Waals surface area contributed by atoms with E-state index in [9.17, 15) is 14.4 Å². The summed E-state index contributed by atoms with van der Waals surface area (Å²) in [5.41, 5.74) is 2.82. The van der Waals surface area contributed by atoms with Crippen LogP contribution in [0.15, 0.2) is 54.6 Å². The summed E-state index contributed by atoms with van der Waals surface area (Å²) in [6.45, 7) is 6.27. The van der Waals surface area contributed by atoms with Crippen molar-refractivity contribution in [2.45, 2.75) is 33.2 Å². The van der Waals surface area contributed by atoms with Gasteiger partial charge in [-0.2, -0.15) is 0 Å². The molecule has 158 valence electrons. The van der Waals surface area contributed by atoms with E-state index < -0.39 is 0 Å². The van der Waals surface area contributed by atoms with Crippen LogP contribution in [0.1, 0.15) is 31.4 Å². The molecule has 1 aliphatic heterocycles. The van der Waals surface area contributed by atoms with Crippen LogP contribution in [0.3, 0.4) is 0 Å². The van der Waals surface area contributed by atoms with E-state index in [1.165, 1.54) is 0 Å². The minimum Gasteiger partial charge on any atom is -0.339 e. The number of rotatable bonds is 6. The molecule has 2 aromatic rings. The quantitative estimate of drug-likeness (QED) is 0.740. The Morgan fingerprint density at radius 3 is 2.00 bits per heavy atom. The first-order valence-electron chi connectivity index (χ1n) is 10.4. The Hall–Kier alpha value is -3.15. The number of piperazine rings is 1. The molecule has 0 radical (unpaired) electrons. The van der Waals surface area contributed by atoms with Crippen LogP contribution < -0.4 is 4.90 Å². The van der Waals surface area contributed by atoms with E-state index in [4.69, 9.17) is 0 Å². The lowest BCUT2D eigenvalue weighted by atomic mass is 10.1. The van der Waals surface area contributed by atoms with Gasteiger partial charge in [-0.05, 0) is 23.3 Å². The molecule has 1 fully saturated rings. The summed E-state index contributed by atoms with van der Waals surface area (Å²) >= 11 is 0. The lowest BCUT2D eigenvalue weighted by Crippen LogP contribution is -2.50. The van der Waals surface area contributed by atoms with Gasteiger partial charge in [0.2, 0.25) is 17.7 Å². The lowest BCUT2D eigenvalue weighted by molar-refractivity contribution is -0.138. The van der Waals surface area contributed by atoms with Gasteiger partial charge in [0.25, 0.3) is 0 Å². The average Bonchev–Trinajstić information content (AvgIpc) is 2.78. The molecule has 0 N–H and O–H groups in total. The Morgan fingerprint density at radius 1 is 0.833 bits per heavy atom. The van der Waals surface area contributed by atoms with Crippen molar-refractivity contribution in [1.82, 2.24) is 9.80 Å². The third-order valence-corrected chi connectivity index (χ3v) is 5.47. The summed E-state index contributed by atoms with van der Waals surface area (Å²) in [7, 11) is 0. The average molecular weight is 408 g/mol. The second-order valence-electron chi connectivity index (χ2n) is 7.55. The van der Waals surface area contributed by atoms with Gasteiger partial charge in [-0.3, -0.25) is 14.4 Å². The molecule has 0 aliphatic carbocycles. The smallest absolute Gasteiger partial charge is 0.227 e. The maximum Gasteiger partial charge on any atom is 0.227 e. The molecule has 2 aromatic carbocycles. The molecule has 30 heavy (non-hydrogen) atoms. The van der Waals surface area contributed by atoms with Gasteiger partial charge in [0.15, 0.2) is 0 Å². The van der Waals surface area contributed by atoms with Crippen molar-refractivity contribution in [1.29, 1.82) is 0 Å². The fourth-order valence-electron chi connectivity index (χ4n) is 3.63. The fraction of sp³-hybridized carbons (Fsp3) is 0.375. The van der Waals surface area contributed by atoms with Crippen LogP contribution in [0.25, 0.3) is 0 Å². The molecular formula is C24H29N3O3. The normalized spacial score (nSPS) is 13.8. The fourth-order valence-corrected chi connectivity index (χ4v) is 3.63. The highest BCUT2D eigenvalue weighted by Gasteiger charge is 2.22. The highest BCUT2D eigenvalue weighted by atomic mass is 16.2. The Bertz CT molecular complexity index is 872. The van der Waals surface area contributed by atoms with Crippen molar-refractivity contribution in [3.63, 3.8) is 0 Å². The SMILES string of the molecule is CCC(=O)N(Cc1ccccc1)c1ccc(CC(=O)N2CCN(C(C)=O)CC2)cc1. The van der Waals surface area contributed by atoms with E-state index in [1.807, 2.05) is 66.4 Å². The Labute approximate surface area is 178 Å². The number of nitrogens with zero attached hydrogens (tertiary/aromatic N) is 3. The van der Waals surface area contributed by atoms with Crippen molar-refractivity contribution < 1.29 is 14.4 Å². The third-order valence-electron chi connectivity index (χ3n) is 5.47. The zero-order valence-electron chi connectivity index (χ0n) is 17.7. The second kappa shape index (κ2) is 10.1. The molecule has 0 spiro atoms. The van der Waals surface area contributed by atoms with Crippen LogP contribution in [-0.2, 0) is 27.3 Å². The Morgan fingerprint density at radius 2 is 1.43 bits per heavy atom. The van der Waals surface area contributed by atoms with E-state index >= 15 is 0 Å². The molecule has 1 heterocycles. The highest BCUT2D eigenvalue weighted by Crippen LogP contribution is 2.20. The van der Waals surface area contributed by atoms with Crippen LogP contribution in [0.4, 0.5) is 5.69 Å². The largest absolute Gasteiger partial charge is 0.339 e. The van der Waals surface area contributed by atoms with Crippen LogP contribution in [-0.4, -0.2) is 53.7 Å². The number of carbonyl (C=O) groups excluding carboxylic acids is 3. The lowest BCUT2D eigenvalue weighted by Gasteiger charge is -2.34. The molecule has 3 rings (SSSR count). The molecule has 0 unspecified atom stereocenters. The minimum atomic E-state index is 0.0550. The molecule has 6 heteroatoms. The van der Waals surface area contributed by atoms with Gasteiger partial charge in [-0.1, -0.05) is 49.4 Å². The predicted molar refractivity (Wildman–Crippen MR) is 117 cm³/mol. The van der Waals surface area contributed by atoms with E-state index in [2.05, 4.69) is 0 Å². The van der Waals surface area contributed by atoms with Gasteiger partial charge in [0, 0.05) is 45.2 Å². The molecule has 3 amide bonds. The van der Waals surface area contributed by atoms with Crippen LogP contribution in [0, 0.1) is 0 Å². The van der Waals surface area contributed by atoms with Crippen LogP contribution in [0.5, 0.6) is 0 Å². The van der Waals surface area contributed by atoms with Crippen molar-refractivity contribution in [2.24, 2.45) is 0 Å². The van der Waals surface area contributed by atoms with Gasteiger partial charge in [-0.15, -0.1) is 0 Å². The molecule has 0 aromatic heterocycles. The van der Waals surface area contributed by atoms with Gasteiger partial charge < -0.3 is 14.7 Å². The van der Waals surface area contributed by atoms with E-state index in [0.717, 1.165) is 16.8 Å². The zero-order chi connectivity index (χ0) is 21.5. The standard InChI is InChI=1S/C24H29N3O3/c1-3-23(29)27(18-21-7-5-4-6-8-21)22-11-9-20(10-12-22)17-24(30)26-15-13-25(14-16-26)19(2)28/h4-12H,3,13-18H2,1-2H3. The summed E-state index contributed by atoms with van der Waals surface area (Å²) in [5.74, 6) is 0.183. The zero-order valence-corrected chi connectivity index (χ0v) is 17.7. The summed E-state index contributed by atoms with van der Waals surface area (Å²) < 4.78 is 0. The maximum atomic E-state index is 12.6. The van der Waals surface area contributed by atoms with Gasteiger partial charge in [0.1, 0.15) is 0 Å². The number of hydrogen-bond acceptors (Lipinski definition) is 3. The van der Waals surface area contributed by atoms with E-state index in [1.54, 1.807) is 16.7 Å². The Kier molecular flexibility index (Phi) is 7.22. The minimum absolute atomic E-state index is 0.0550. The summed E-state index contributed by atoms with van der Waals surface area (Å²) in [6.07, 6.45) is 0.750. The second-order valence-corrected chi connectivity index (χ2v) is 7.55. The number of anilines is 1. The molecular weight excluding hydrogens is 378 g/mol. The maximum absolute atomic E-state index is 12.6. The Balaban J connectivity index is 1.63. The summed E-state index contributed by atoms with van der Waals surface area (Å²) in [4.78, 5) is 41.9. The van der Waals surface area contributed by atoms with Crippen molar-refractivity contribution in [3.05, 3.63) is 65.7 Å².